The third-order valence-corrected chi connectivity index (χ3v) is 3.52. The van der Waals surface area contributed by atoms with Gasteiger partial charge in [-0.1, -0.05) is 47.5 Å². The first-order valence-corrected chi connectivity index (χ1v) is 7.16. The van der Waals surface area contributed by atoms with Crippen molar-refractivity contribution in [2.75, 3.05) is 6.54 Å². The Morgan fingerprint density at radius 2 is 1.35 bits per heavy atom. The molecular weight excluding hydrogens is 293 g/mol. The van der Waals surface area contributed by atoms with Gasteiger partial charge in [-0.05, 0) is 42.3 Å². The van der Waals surface area contributed by atoms with Gasteiger partial charge in [0.05, 0.1) is 5.92 Å². The Bertz CT molecular complexity index is 533. The van der Waals surface area contributed by atoms with E-state index in [4.69, 9.17) is 23.2 Å². The highest BCUT2D eigenvalue weighted by Crippen LogP contribution is 2.27. The van der Waals surface area contributed by atoms with Crippen LogP contribution < -0.4 is 5.32 Å². The number of benzene rings is 2. The zero-order valence-corrected chi connectivity index (χ0v) is 12.6. The lowest BCUT2D eigenvalue weighted by molar-refractivity contribution is -0.121. The highest BCUT2D eigenvalue weighted by molar-refractivity contribution is 6.30. The molecule has 2 nitrogen and oxygen atoms in total. The average Bonchev–Trinajstić information content (AvgIpc) is 2.44. The molecule has 0 heterocycles. The van der Waals surface area contributed by atoms with Crippen molar-refractivity contribution < 1.29 is 4.79 Å². The van der Waals surface area contributed by atoms with Gasteiger partial charge in [0.1, 0.15) is 0 Å². The van der Waals surface area contributed by atoms with Crippen molar-refractivity contribution in [3.63, 3.8) is 0 Å². The van der Waals surface area contributed by atoms with Crippen LogP contribution in [0.5, 0.6) is 0 Å². The summed E-state index contributed by atoms with van der Waals surface area (Å²) >= 11 is 11.8. The lowest BCUT2D eigenvalue weighted by Gasteiger charge is -2.17. The van der Waals surface area contributed by atoms with Crippen LogP contribution in [0.2, 0.25) is 10.0 Å². The van der Waals surface area contributed by atoms with Gasteiger partial charge in [0.25, 0.3) is 0 Å². The second kappa shape index (κ2) is 6.78. The van der Waals surface area contributed by atoms with Crippen LogP contribution in [0.25, 0.3) is 0 Å². The minimum Gasteiger partial charge on any atom is -0.356 e. The van der Waals surface area contributed by atoms with Gasteiger partial charge in [-0.3, -0.25) is 4.79 Å². The number of likely N-dealkylation sites (N-methyl/N-ethyl adjacent to an activating group) is 1. The van der Waals surface area contributed by atoms with Gasteiger partial charge in [-0.2, -0.15) is 0 Å². The van der Waals surface area contributed by atoms with Crippen molar-refractivity contribution in [2.24, 2.45) is 0 Å². The van der Waals surface area contributed by atoms with E-state index >= 15 is 0 Å². The molecular formula is C16H15Cl2NO. The first-order chi connectivity index (χ1) is 9.61. The van der Waals surface area contributed by atoms with E-state index in [9.17, 15) is 4.79 Å². The molecule has 0 aliphatic heterocycles. The number of rotatable bonds is 4. The van der Waals surface area contributed by atoms with Crippen LogP contribution in [-0.2, 0) is 4.79 Å². The van der Waals surface area contributed by atoms with E-state index in [-0.39, 0.29) is 11.8 Å². The minimum absolute atomic E-state index is 0.0304. The van der Waals surface area contributed by atoms with E-state index < -0.39 is 0 Å². The first kappa shape index (κ1) is 14.9. The van der Waals surface area contributed by atoms with E-state index in [0.717, 1.165) is 11.1 Å². The number of nitrogens with one attached hydrogen (secondary N) is 1. The molecule has 0 fully saturated rings. The molecule has 0 aromatic heterocycles. The maximum Gasteiger partial charge on any atom is 0.231 e. The zero-order chi connectivity index (χ0) is 14.5. The summed E-state index contributed by atoms with van der Waals surface area (Å²) in [7, 11) is 0. The van der Waals surface area contributed by atoms with Gasteiger partial charge < -0.3 is 5.32 Å². The van der Waals surface area contributed by atoms with Crippen molar-refractivity contribution in [3.8, 4) is 0 Å². The van der Waals surface area contributed by atoms with E-state index in [2.05, 4.69) is 5.32 Å². The Kier molecular flexibility index (Phi) is 5.05. The number of halogens is 2. The molecule has 0 spiro atoms. The fraction of sp³-hybridized carbons (Fsp3) is 0.188. The molecule has 2 aromatic rings. The van der Waals surface area contributed by atoms with Crippen LogP contribution in [0.15, 0.2) is 48.5 Å². The molecule has 104 valence electrons. The molecule has 0 aliphatic rings. The topological polar surface area (TPSA) is 29.1 Å². The van der Waals surface area contributed by atoms with E-state index in [1.807, 2.05) is 31.2 Å². The second-order valence-electron chi connectivity index (χ2n) is 4.43. The molecule has 4 heteroatoms. The summed E-state index contributed by atoms with van der Waals surface area (Å²) in [5.41, 5.74) is 1.81. The fourth-order valence-electron chi connectivity index (χ4n) is 2.08. The summed E-state index contributed by atoms with van der Waals surface area (Å²) in [5, 5.41) is 4.17. The zero-order valence-electron chi connectivity index (χ0n) is 11.1. The number of hydrogen-bond donors (Lipinski definition) is 1. The van der Waals surface area contributed by atoms with Crippen molar-refractivity contribution in [3.05, 3.63) is 69.7 Å². The largest absolute Gasteiger partial charge is 0.356 e. The minimum atomic E-state index is -0.357. The molecule has 0 unspecified atom stereocenters. The molecule has 1 N–H and O–H groups in total. The predicted molar refractivity (Wildman–Crippen MR) is 83.4 cm³/mol. The second-order valence-corrected chi connectivity index (χ2v) is 5.30. The van der Waals surface area contributed by atoms with Crippen LogP contribution in [0.1, 0.15) is 24.0 Å². The van der Waals surface area contributed by atoms with E-state index in [1.165, 1.54) is 0 Å². The van der Waals surface area contributed by atoms with Gasteiger partial charge in [-0.25, -0.2) is 0 Å². The van der Waals surface area contributed by atoms with Crippen molar-refractivity contribution in [1.82, 2.24) is 5.32 Å². The highest BCUT2D eigenvalue weighted by atomic mass is 35.5. The van der Waals surface area contributed by atoms with Crippen molar-refractivity contribution >= 4 is 29.1 Å². The van der Waals surface area contributed by atoms with Crippen molar-refractivity contribution in [1.29, 1.82) is 0 Å². The number of carbonyl (C=O) groups excluding carboxylic acids is 1. The Balaban J connectivity index is 2.41. The number of carbonyl (C=O) groups is 1. The number of hydrogen-bond acceptors (Lipinski definition) is 1. The lowest BCUT2D eigenvalue weighted by Crippen LogP contribution is -2.29. The van der Waals surface area contributed by atoms with Gasteiger partial charge in [0.15, 0.2) is 0 Å². The van der Waals surface area contributed by atoms with Gasteiger partial charge in [-0.15, -0.1) is 0 Å². The van der Waals surface area contributed by atoms with Crippen molar-refractivity contribution in [2.45, 2.75) is 12.8 Å². The first-order valence-electron chi connectivity index (χ1n) is 6.40. The Hall–Kier alpha value is -1.51. The molecule has 1 amide bonds. The third-order valence-electron chi connectivity index (χ3n) is 3.02. The quantitative estimate of drug-likeness (QED) is 0.898. The molecule has 2 rings (SSSR count). The Morgan fingerprint density at radius 1 is 0.950 bits per heavy atom. The summed E-state index contributed by atoms with van der Waals surface area (Å²) in [6, 6.07) is 14.7. The molecule has 2 aromatic carbocycles. The summed E-state index contributed by atoms with van der Waals surface area (Å²) in [6.45, 7) is 2.50. The van der Waals surface area contributed by atoms with Crippen LogP contribution in [-0.4, -0.2) is 12.5 Å². The normalized spacial score (nSPS) is 10.6. The fourth-order valence-corrected chi connectivity index (χ4v) is 2.33. The van der Waals surface area contributed by atoms with Crippen LogP contribution in [0.4, 0.5) is 0 Å². The number of amides is 1. The van der Waals surface area contributed by atoms with Crippen LogP contribution in [0, 0.1) is 0 Å². The predicted octanol–water partition coefficient (Wildman–Crippen LogP) is 4.26. The molecule has 0 saturated heterocycles. The monoisotopic (exact) mass is 307 g/mol. The standard InChI is InChI=1S/C16H15Cl2NO/c1-2-19-16(20)15(11-3-7-13(17)8-4-11)12-5-9-14(18)10-6-12/h3-10,15H,2H2,1H3,(H,19,20). The van der Waals surface area contributed by atoms with Gasteiger partial charge in [0, 0.05) is 16.6 Å². The summed E-state index contributed by atoms with van der Waals surface area (Å²) in [5.74, 6) is -0.387. The maximum atomic E-state index is 12.3. The van der Waals surface area contributed by atoms with E-state index in [0.29, 0.717) is 16.6 Å². The smallest absolute Gasteiger partial charge is 0.231 e. The van der Waals surface area contributed by atoms with Crippen LogP contribution in [0.3, 0.4) is 0 Å². The molecule has 0 saturated carbocycles. The molecule has 0 atom stereocenters. The summed E-state index contributed by atoms with van der Waals surface area (Å²) < 4.78 is 0. The Morgan fingerprint density at radius 3 is 1.70 bits per heavy atom. The summed E-state index contributed by atoms with van der Waals surface area (Å²) in [4.78, 5) is 12.3. The summed E-state index contributed by atoms with van der Waals surface area (Å²) in [6.07, 6.45) is 0. The SMILES string of the molecule is CCNC(=O)C(c1ccc(Cl)cc1)c1ccc(Cl)cc1. The molecule has 20 heavy (non-hydrogen) atoms. The average molecular weight is 308 g/mol. The molecule has 0 bridgehead atoms. The lowest BCUT2D eigenvalue weighted by atomic mass is 9.90. The van der Waals surface area contributed by atoms with Gasteiger partial charge >= 0.3 is 0 Å². The Labute approximate surface area is 128 Å². The maximum absolute atomic E-state index is 12.3. The molecule has 0 radical (unpaired) electrons. The third kappa shape index (κ3) is 3.53. The van der Waals surface area contributed by atoms with Crippen LogP contribution >= 0.6 is 23.2 Å². The van der Waals surface area contributed by atoms with Gasteiger partial charge in [0.2, 0.25) is 5.91 Å². The molecule has 0 aliphatic carbocycles. The van der Waals surface area contributed by atoms with E-state index in [1.54, 1.807) is 24.3 Å². The highest BCUT2D eigenvalue weighted by Gasteiger charge is 2.22.